The van der Waals surface area contributed by atoms with E-state index in [2.05, 4.69) is 15.4 Å². The second kappa shape index (κ2) is 6.01. The van der Waals surface area contributed by atoms with E-state index >= 15 is 0 Å². The molecule has 0 radical (unpaired) electrons. The van der Waals surface area contributed by atoms with Crippen LogP contribution in [0.3, 0.4) is 0 Å². The van der Waals surface area contributed by atoms with Crippen molar-refractivity contribution in [1.82, 2.24) is 25.0 Å². The van der Waals surface area contributed by atoms with Crippen molar-refractivity contribution in [3.8, 4) is 0 Å². The van der Waals surface area contributed by atoms with Crippen LogP contribution < -0.4 is 5.32 Å². The minimum atomic E-state index is -0.527. The highest BCUT2D eigenvalue weighted by molar-refractivity contribution is 5.97. The van der Waals surface area contributed by atoms with Crippen molar-refractivity contribution in [2.24, 2.45) is 0 Å². The number of nitrogens with zero attached hydrogens (tertiary/aromatic N) is 4. The van der Waals surface area contributed by atoms with E-state index < -0.39 is 6.04 Å². The minimum absolute atomic E-state index is 0.139. The number of para-hydroxylation sites is 1. The molecule has 1 unspecified atom stereocenters. The van der Waals surface area contributed by atoms with Crippen molar-refractivity contribution in [3.05, 3.63) is 60.0 Å². The molecular weight excluding hydrogens is 318 g/mol. The van der Waals surface area contributed by atoms with Crippen LogP contribution in [0.1, 0.15) is 22.1 Å². The molecule has 0 saturated heterocycles. The largest absolute Gasteiger partial charge is 0.357 e. The van der Waals surface area contributed by atoms with E-state index in [0.717, 1.165) is 16.6 Å². The number of carbonyl (C=O) groups is 2. The monoisotopic (exact) mass is 335 g/mol. The summed E-state index contributed by atoms with van der Waals surface area (Å²) in [6.07, 6.45) is 3.24. The molecule has 1 atom stereocenters. The Bertz CT molecular complexity index is 965. The Labute approximate surface area is 144 Å². The van der Waals surface area contributed by atoms with Gasteiger partial charge in [0.25, 0.3) is 5.91 Å². The molecule has 3 aromatic rings. The van der Waals surface area contributed by atoms with Crippen LogP contribution in [0.15, 0.2) is 48.8 Å². The Balaban J connectivity index is 1.66. The maximum Gasteiger partial charge on any atom is 0.255 e. The topological polar surface area (TPSA) is 80.1 Å². The Morgan fingerprint density at radius 2 is 2.08 bits per heavy atom. The van der Waals surface area contributed by atoms with Crippen molar-refractivity contribution >= 4 is 22.7 Å². The Hall–Kier alpha value is -3.22. The number of nitrogens with one attached hydrogen (secondary N) is 1. The summed E-state index contributed by atoms with van der Waals surface area (Å²) in [5.74, 6) is -0.307. The number of carbonyl (C=O) groups excluding carboxylic acids is 2. The van der Waals surface area contributed by atoms with Crippen molar-refractivity contribution in [2.75, 3.05) is 13.6 Å². The van der Waals surface area contributed by atoms with E-state index in [9.17, 15) is 9.59 Å². The van der Waals surface area contributed by atoms with Crippen LogP contribution in [-0.2, 0) is 11.3 Å². The first kappa shape index (κ1) is 15.3. The van der Waals surface area contributed by atoms with Gasteiger partial charge in [-0.15, -0.1) is 0 Å². The molecular formula is C18H17N5O2. The molecule has 126 valence electrons. The maximum atomic E-state index is 13.0. The van der Waals surface area contributed by atoms with Crippen LogP contribution >= 0.6 is 0 Å². The van der Waals surface area contributed by atoms with Gasteiger partial charge in [-0.2, -0.15) is 5.10 Å². The van der Waals surface area contributed by atoms with Crippen LogP contribution in [0.25, 0.3) is 10.9 Å². The quantitative estimate of drug-likeness (QED) is 0.767. The summed E-state index contributed by atoms with van der Waals surface area (Å²) in [5, 5.41) is 7.77. The average Bonchev–Trinajstić information content (AvgIpc) is 3.14. The predicted molar refractivity (Wildman–Crippen MR) is 91.8 cm³/mol. The number of likely N-dealkylation sites (N-methyl/N-ethyl adjacent to an activating group) is 1. The van der Waals surface area contributed by atoms with Crippen LogP contribution in [0, 0.1) is 0 Å². The molecule has 7 heteroatoms. The standard InChI is InChI=1S/C18H17N5O2/c1-19-17(24)16-11-22(10-14-6-7-21-23(14)16)18(25)13-8-12-4-2-3-5-15(12)20-9-13/h2-9,16H,10-11H2,1H3,(H,19,24). The highest BCUT2D eigenvalue weighted by Gasteiger charge is 2.33. The molecule has 4 rings (SSSR count). The molecule has 0 spiro atoms. The number of fused-ring (bicyclic) bond motifs is 2. The fourth-order valence-corrected chi connectivity index (χ4v) is 3.18. The first-order valence-corrected chi connectivity index (χ1v) is 8.05. The van der Waals surface area contributed by atoms with Crippen molar-refractivity contribution in [3.63, 3.8) is 0 Å². The summed E-state index contributed by atoms with van der Waals surface area (Å²) in [6.45, 7) is 0.694. The lowest BCUT2D eigenvalue weighted by molar-refractivity contribution is -0.125. The highest BCUT2D eigenvalue weighted by atomic mass is 16.2. The summed E-state index contributed by atoms with van der Waals surface area (Å²) in [7, 11) is 1.58. The Morgan fingerprint density at radius 1 is 1.24 bits per heavy atom. The average molecular weight is 335 g/mol. The van der Waals surface area contributed by atoms with Crippen LogP contribution in [0.2, 0.25) is 0 Å². The molecule has 2 aromatic heterocycles. The Morgan fingerprint density at radius 3 is 2.92 bits per heavy atom. The predicted octanol–water partition coefficient (Wildman–Crippen LogP) is 1.37. The van der Waals surface area contributed by atoms with E-state index in [-0.39, 0.29) is 18.4 Å². The van der Waals surface area contributed by atoms with E-state index in [1.54, 1.807) is 29.0 Å². The smallest absolute Gasteiger partial charge is 0.255 e. The van der Waals surface area contributed by atoms with Gasteiger partial charge in [0.15, 0.2) is 0 Å². The third kappa shape index (κ3) is 2.63. The number of rotatable bonds is 2. The lowest BCUT2D eigenvalue weighted by Crippen LogP contribution is -2.46. The van der Waals surface area contributed by atoms with Crippen molar-refractivity contribution in [1.29, 1.82) is 0 Å². The molecule has 7 nitrogen and oxygen atoms in total. The van der Waals surface area contributed by atoms with Gasteiger partial charge in [0.05, 0.1) is 29.9 Å². The van der Waals surface area contributed by atoms with Gasteiger partial charge >= 0.3 is 0 Å². The molecule has 0 bridgehead atoms. The fourth-order valence-electron chi connectivity index (χ4n) is 3.18. The van der Waals surface area contributed by atoms with Crippen LogP contribution in [0.4, 0.5) is 0 Å². The first-order valence-electron chi connectivity index (χ1n) is 8.05. The van der Waals surface area contributed by atoms with Gasteiger partial charge in [0, 0.05) is 24.8 Å². The molecule has 1 aliphatic rings. The molecule has 1 N–H and O–H groups in total. The zero-order valence-electron chi connectivity index (χ0n) is 13.7. The normalized spacial score (nSPS) is 16.5. The van der Waals surface area contributed by atoms with Gasteiger partial charge in [-0.1, -0.05) is 18.2 Å². The summed E-state index contributed by atoms with van der Waals surface area (Å²) in [6, 6.07) is 10.8. The molecule has 3 heterocycles. The lowest BCUT2D eigenvalue weighted by Gasteiger charge is -2.33. The van der Waals surface area contributed by atoms with Gasteiger partial charge in [0.1, 0.15) is 6.04 Å². The zero-order valence-corrected chi connectivity index (χ0v) is 13.7. The van der Waals surface area contributed by atoms with Crippen LogP contribution in [0.5, 0.6) is 0 Å². The zero-order chi connectivity index (χ0) is 17.4. The fraction of sp³-hybridized carbons (Fsp3) is 0.222. The molecule has 25 heavy (non-hydrogen) atoms. The van der Waals surface area contributed by atoms with Crippen molar-refractivity contribution < 1.29 is 9.59 Å². The number of hydrogen-bond donors (Lipinski definition) is 1. The van der Waals surface area contributed by atoms with E-state index in [1.807, 2.05) is 36.4 Å². The van der Waals surface area contributed by atoms with Gasteiger partial charge in [-0.05, 0) is 18.2 Å². The molecule has 0 saturated carbocycles. The van der Waals surface area contributed by atoms with E-state index in [0.29, 0.717) is 12.1 Å². The minimum Gasteiger partial charge on any atom is -0.357 e. The lowest BCUT2D eigenvalue weighted by atomic mass is 10.1. The molecule has 0 fully saturated rings. The maximum absolute atomic E-state index is 13.0. The molecule has 2 amide bonds. The van der Waals surface area contributed by atoms with Crippen LogP contribution in [-0.4, -0.2) is 45.1 Å². The number of pyridine rings is 1. The van der Waals surface area contributed by atoms with Gasteiger partial charge in [-0.3, -0.25) is 19.3 Å². The summed E-state index contributed by atoms with van der Waals surface area (Å²) >= 11 is 0. The van der Waals surface area contributed by atoms with Gasteiger partial charge < -0.3 is 10.2 Å². The SMILES string of the molecule is CNC(=O)C1CN(C(=O)c2cnc3ccccc3c2)Cc2ccnn21. The van der Waals surface area contributed by atoms with Gasteiger partial charge in [-0.25, -0.2) is 0 Å². The summed E-state index contributed by atoms with van der Waals surface area (Å²) < 4.78 is 1.68. The number of aromatic nitrogens is 3. The molecule has 1 aromatic carbocycles. The number of amides is 2. The van der Waals surface area contributed by atoms with Crippen molar-refractivity contribution in [2.45, 2.75) is 12.6 Å². The third-order valence-corrected chi connectivity index (χ3v) is 4.47. The number of hydrogen-bond acceptors (Lipinski definition) is 4. The highest BCUT2D eigenvalue weighted by Crippen LogP contribution is 2.23. The molecule has 1 aliphatic heterocycles. The van der Waals surface area contributed by atoms with E-state index in [1.165, 1.54) is 0 Å². The second-order valence-electron chi connectivity index (χ2n) is 6.00. The third-order valence-electron chi connectivity index (χ3n) is 4.47. The Kier molecular flexibility index (Phi) is 3.68. The van der Waals surface area contributed by atoms with E-state index in [4.69, 9.17) is 0 Å². The second-order valence-corrected chi connectivity index (χ2v) is 6.00. The molecule has 0 aliphatic carbocycles. The number of benzene rings is 1. The summed E-state index contributed by atoms with van der Waals surface area (Å²) in [4.78, 5) is 31.2. The summed E-state index contributed by atoms with van der Waals surface area (Å²) in [5.41, 5.74) is 2.20. The van der Waals surface area contributed by atoms with Gasteiger partial charge in [0.2, 0.25) is 5.91 Å². The first-order chi connectivity index (χ1) is 12.2.